The van der Waals surface area contributed by atoms with Crippen LogP contribution in [0.2, 0.25) is 0 Å². The van der Waals surface area contributed by atoms with Gasteiger partial charge in [-0.3, -0.25) is 4.99 Å². The van der Waals surface area contributed by atoms with Gasteiger partial charge in [-0.05, 0) is 53.4 Å². The maximum atomic E-state index is 4.21. The molecule has 1 fully saturated rings. The van der Waals surface area contributed by atoms with Crippen molar-refractivity contribution in [2.45, 2.75) is 32.7 Å². The van der Waals surface area contributed by atoms with E-state index in [2.05, 4.69) is 46.3 Å². The van der Waals surface area contributed by atoms with Gasteiger partial charge in [0.25, 0.3) is 0 Å². The van der Waals surface area contributed by atoms with Gasteiger partial charge in [-0.1, -0.05) is 0 Å². The predicted molar refractivity (Wildman–Crippen MR) is 82.8 cm³/mol. The first kappa shape index (κ1) is 16.2. The molecule has 5 nitrogen and oxygen atoms in total. The fourth-order valence-electron chi connectivity index (χ4n) is 2.30. The Morgan fingerprint density at radius 2 is 2.00 bits per heavy atom. The van der Waals surface area contributed by atoms with Gasteiger partial charge in [0.15, 0.2) is 5.96 Å². The highest BCUT2D eigenvalue weighted by Crippen LogP contribution is 2.01. The van der Waals surface area contributed by atoms with Crippen molar-refractivity contribution in [1.82, 2.24) is 20.4 Å². The summed E-state index contributed by atoms with van der Waals surface area (Å²) in [7, 11) is 4.04. The highest BCUT2D eigenvalue weighted by Gasteiger charge is 2.11. The molecule has 1 aliphatic heterocycles. The van der Waals surface area contributed by atoms with Crippen molar-refractivity contribution in [2.75, 3.05) is 53.4 Å². The number of nitrogens with one attached hydrogen (secondary N) is 2. The van der Waals surface area contributed by atoms with E-state index in [9.17, 15) is 0 Å². The number of aliphatic imine (C=N–C) groups is 1. The second-order valence-electron chi connectivity index (χ2n) is 5.65. The largest absolute Gasteiger partial charge is 0.356 e. The van der Waals surface area contributed by atoms with Crippen molar-refractivity contribution in [1.29, 1.82) is 0 Å². The van der Waals surface area contributed by atoms with Crippen LogP contribution in [0.1, 0.15) is 26.7 Å². The molecule has 0 bridgehead atoms. The van der Waals surface area contributed by atoms with Crippen LogP contribution < -0.4 is 10.6 Å². The summed E-state index contributed by atoms with van der Waals surface area (Å²) in [5, 5.41) is 6.67. The molecule has 5 heteroatoms. The van der Waals surface area contributed by atoms with Crippen molar-refractivity contribution in [3.8, 4) is 0 Å². The van der Waals surface area contributed by atoms with Gasteiger partial charge in [-0.15, -0.1) is 0 Å². The summed E-state index contributed by atoms with van der Waals surface area (Å²) >= 11 is 0. The van der Waals surface area contributed by atoms with Gasteiger partial charge in [0.2, 0.25) is 0 Å². The molecular weight excluding hydrogens is 238 g/mol. The predicted octanol–water partition coefficient (Wildman–Crippen LogP) is 0.587. The van der Waals surface area contributed by atoms with E-state index in [1.54, 1.807) is 0 Å². The third-order valence-electron chi connectivity index (χ3n) is 3.40. The van der Waals surface area contributed by atoms with Gasteiger partial charge in [-0.2, -0.15) is 0 Å². The molecule has 1 saturated heterocycles. The summed E-state index contributed by atoms with van der Waals surface area (Å²) in [5.74, 6) is 0.908. The molecule has 1 rings (SSSR count). The minimum absolute atomic E-state index is 0.423. The fourth-order valence-corrected chi connectivity index (χ4v) is 2.30. The summed E-state index contributed by atoms with van der Waals surface area (Å²) in [5.41, 5.74) is 0. The first-order valence-corrected chi connectivity index (χ1v) is 7.50. The minimum Gasteiger partial charge on any atom is -0.356 e. The number of hydrogen-bond donors (Lipinski definition) is 2. The molecule has 0 saturated carbocycles. The van der Waals surface area contributed by atoms with Crippen LogP contribution >= 0.6 is 0 Å². The topological polar surface area (TPSA) is 42.9 Å². The quantitative estimate of drug-likeness (QED) is 0.435. The lowest BCUT2D eigenvalue weighted by Crippen LogP contribution is -2.42. The van der Waals surface area contributed by atoms with E-state index in [0.29, 0.717) is 6.04 Å². The molecule has 0 aromatic rings. The second-order valence-corrected chi connectivity index (χ2v) is 5.65. The lowest BCUT2D eigenvalue weighted by atomic mass is 10.3. The van der Waals surface area contributed by atoms with Gasteiger partial charge in [0, 0.05) is 32.7 Å². The Bertz CT molecular complexity index is 265. The van der Waals surface area contributed by atoms with Crippen LogP contribution in [0.5, 0.6) is 0 Å². The molecule has 0 aromatic heterocycles. The van der Waals surface area contributed by atoms with Crippen LogP contribution in [-0.4, -0.2) is 75.2 Å². The van der Waals surface area contributed by atoms with Crippen LogP contribution in [0.25, 0.3) is 0 Å². The fraction of sp³-hybridized carbons (Fsp3) is 0.929. The average molecular weight is 269 g/mol. The van der Waals surface area contributed by atoms with E-state index in [1.165, 1.54) is 45.6 Å². The molecule has 0 radical (unpaired) electrons. The lowest BCUT2D eigenvalue weighted by molar-refractivity contribution is 0.274. The molecule has 0 aliphatic carbocycles. The summed E-state index contributed by atoms with van der Waals surface area (Å²) in [6.45, 7) is 11.3. The molecule has 2 N–H and O–H groups in total. The Morgan fingerprint density at radius 1 is 1.21 bits per heavy atom. The maximum Gasteiger partial charge on any atom is 0.191 e. The Hall–Kier alpha value is -0.810. The normalized spacial score (nSPS) is 19.5. The Balaban J connectivity index is 2.12. The first-order valence-electron chi connectivity index (χ1n) is 7.50. The maximum absolute atomic E-state index is 4.21. The summed E-state index contributed by atoms with van der Waals surface area (Å²) < 4.78 is 0. The number of rotatable bonds is 5. The smallest absolute Gasteiger partial charge is 0.191 e. The molecule has 0 spiro atoms. The van der Waals surface area contributed by atoms with Crippen LogP contribution in [0.3, 0.4) is 0 Å². The van der Waals surface area contributed by atoms with E-state index in [-0.39, 0.29) is 0 Å². The van der Waals surface area contributed by atoms with Crippen LogP contribution in [0.4, 0.5) is 0 Å². The molecule has 1 aliphatic rings. The molecule has 1 heterocycles. The molecule has 0 aromatic carbocycles. The standard InChI is InChI=1S/C14H31N5/c1-13(2)17-14(15-3)16-7-5-9-19-10-6-8-18(4)11-12-19/h13H,5-12H2,1-4H3,(H2,15,16,17). The molecule has 112 valence electrons. The van der Waals surface area contributed by atoms with Crippen LogP contribution in [0, 0.1) is 0 Å². The van der Waals surface area contributed by atoms with E-state index >= 15 is 0 Å². The number of likely N-dealkylation sites (N-methyl/N-ethyl adjacent to an activating group) is 1. The Kier molecular flexibility index (Phi) is 7.82. The number of guanidine groups is 1. The second kappa shape index (κ2) is 9.15. The number of nitrogens with zero attached hydrogens (tertiary/aromatic N) is 3. The van der Waals surface area contributed by atoms with Crippen LogP contribution in [-0.2, 0) is 0 Å². The van der Waals surface area contributed by atoms with Crippen molar-refractivity contribution in [3.63, 3.8) is 0 Å². The van der Waals surface area contributed by atoms with Crippen molar-refractivity contribution >= 4 is 5.96 Å². The first-order chi connectivity index (χ1) is 9.11. The highest BCUT2D eigenvalue weighted by molar-refractivity contribution is 5.79. The Morgan fingerprint density at radius 3 is 2.68 bits per heavy atom. The summed E-state index contributed by atoms with van der Waals surface area (Å²) in [4.78, 5) is 9.21. The van der Waals surface area contributed by atoms with E-state index in [1.807, 2.05) is 7.05 Å². The molecular formula is C14H31N5. The zero-order valence-electron chi connectivity index (χ0n) is 13.1. The molecule has 0 amide bonds. The lowest BCUT2D eigenvalue weighted by Gasteiger charge is -2.20. The van der Waals surface area contributed by atoms with Gasteiger partial charge in [0.1, 0.15) is 0 Å². The molecule has 19 heavy (non-hydrogen) atoms. The zero-order chi connectivity index (χ0) is 14.1. The number of hydrogen-bond acceptors (Lipinski definition) is 3. The highest BCUT2D eigenvalue weighted by atomic mass is 15.2. The van der Waals surface area contributed by atoms with E-state index in [0.717, 1.165) is 12.5 Å². The zero-order valence-corrected chi connectivity index (χ0v) is 13.1. The SMILES string of the molecule is CN=C(NCCCN1CCCN(C)CC1)NC(C)C. The third kappa shape index (κ3) is 7.38. The van der Waals surface area contributed by atoms with Gasteiger partial charge in [0.05, 0.1) is 0 Å². The third-order valence-corrected chi connectivity index (χ3v) is 3.40. The summed E-state index contributed by atoms with van der Waals surface area (Å²) in [6.07, 6.45) is 2.46. The molecule has 0 unspecified atom stereocenters. The van der Waals surface area contributed by atoms with Crippen LogP contribution in [0.15, 0.2) is 4.99 Å². The van der Waals surface area contributed by atoms with Gasteiger partial charge in [-0.25, -0.2) is 0 Å². The van der Waals surface area contributed by atoms with E-state index < -0.39 is 0 Å². The summed E-state index contributed by atoms with van der Waals surface area (Å²) in [6, 6.07) is 0.423. The monoisotopic (exact) mass is 269 g/mol. The van der Waals surface area contributed by atoms with Crippen molar-refractivity contribution in [3.05, 3.63) is 0 Å². The molecule has 0 atom stereocenters. The van der Waals surface area contributed by atoms with Crippen molar-refractivity contribution in [2.24, 2.45) is 4.99 Å². The minimum atomic E-state index is 0.423. The van der Waals surface area contributed by atoms with Gasteiger partial charge >= 0.3 is 0 Å². The van der Waals surface area contributed by atoms with Gasteiger partial charge < -0.3 is 20.4 Å². The Labute approximate surface area is 118 Å². The van der Waals surface area contributed by atoms with Crippen molar-refractivity contribution < 1.29 is 0 Å². The van der Waals surface area contributed by atoms with E-state index in [4.69, 9.17) is 0 Å². The average Bonchev–Trinajstić information content (AvgIpc) is 2.57.